The second-order valence-electron chi connectivity index (χ2n) is 1.57. The van der Waals surface area contributed by atoms with E-state index in [-0.39, 0.29) is 40.8 Å². The Kier molecular flexibility index (Phi) is 7.52. The predicted octanol–water partition coefficient (Wildman–Crippen LogP) is 1.57. The Morgan fingerprint density at radius 1 is 1.22 bits per heavy atom. The SMILES string of the molecule is CP1(=O)[N-]CC[N-]1.[Re].[Re]. The molecule has 2 radical (unpaired) electrons. The van der Waals surface area contributed by atoms with Gasteiger partial charge >= 0.3 is 0 Å². The molecule has 0 amide bonds. The largest absolute Gasteiger partial charge is 0.621 e. The third-order valence-corrected chi connectivity index (χ3v) is 2.27. The average molecular weight is 490 g/mol. The van der Waals surface area contributed by atoms with Gasteiger partial charge in [0.2, 0.25) is 0 Å². The van der Waals surface area contributed by atoms with E-state index in [1.165, 1.54) is 0 Å². The molecule has 1 saturated heterocycles. The first-order valence-corrected chi connectivity index (χ1v) is 4.22. The van der Waals surface area contributed by atoms with E-state index in [0.717, 1.165) is 0 Å². The molecule has 0 bridgehead atoms. The van der Waals surface area contributed by atoms with Crippen LogP contribution in [0.3, 0.4) is 0 Å². The van der Waals surface area contributed by atoms with Crippen molar-refractivity contribution >= 4 is 7.44 Å². The number of rotatable bonds is 0. The van der Waals surface area contributed by atoms with Crippen LogP contribution in [0.15, 0.2) is 0 Å². The molecule has 0 aromatic rings. The summed E-state index contributed by atoms with van der Waals surface area (Å²) in [5, 5.41) is 7.51. The fourth-order valence-electron chi connectivity index (χ4n) is 0.505. The first kappa shape index (κ1) is 13.1. The molecule has 56 valence electrons. The van der Waals surface area contributed by atoms with Crippen LogP contribution < -0.4 is 0 Å². The first-order chi connectivity index (χ1) is 3.21. The maximum Gasteiger partial charge on any atom is 0 e. The van der Waals surface area contributed by atoms with Crippen LogP contribution in [0.2, 0.25) is 0 Å². The molecule has 0 aliphatic carbocycles. The van der Waals surface area contributed by atoms with Gasteiger partial charge in [-0.1, -0.05) is 0 Å². The van der Waals surface area contributed by atoms with Gasteiger partial charge in [0, 0.05) is 40.8 Å². The molecule has 1 heterocycles. The summed E-state index contributed by atoms with van der Waals surface area (Å²) in [5.41, 5.74) is 0. The van der Waals surface area contributed by atoms with E-state index in [0.29, 0.717) is 13.1 Å². The van der Waals surface area contributed by atoms with Gasteiger partial charge in [0.15, 0.2) is 0 Å². The fraction of sp³-hybridized carbons (Fsp3) is 1.00. The van der Waals surface area contributed by atoms with Gasteiger partial charge < -0.3 is 14.7 Å². The second-order valence-corrected chi connectivity index (χ2v) is 3.80. The maximum absolute atomic E-state index is 10.7. The van der Waals surface area contributed by atoms with Crippen LogP contribution in [0.25, 0.3) is 10.2 Å². The number of hydrogen-bond acceptors (Lipinski definition) is 1. The van der Waals surface area contributed by atoms with Gasteiger partial charge in [0.05, 0.1) is 0 Å². The molecule has 0 saturated carbocycles. The van der Waals surface area contributed by atoms with E-state index >= 15 is 0 Å². The average Bonchev–Trinajstić information content (AvgIpc) is 1.84. The molecule has 1 fully saturated rings. The van der Waals surface area contributed by atoms with Crippen LogP contribution in [0.1, 0.15) is 0 Å². The van der Waals surface area contributed by atoms with E-state index in [4.69, 9.17) is 0 Å². The Labute approximate surface area is 82.5 Å². The van der Waals surface area contributed by atoms with E-state index in [1.54, 1.807) is 6.66 Å². The molecule has 0 aromatic carbocycles. The van der Waals surface area contributed by atoms with E-state index in [9.17, 15) is 4.57 Å². The van der Waals surface area contributed by atoms with Crippen LogP contribution in [-0.4, -0.2) is 19.8 Å². The van der Waals surface area contributed by atoms with Crippen molar-refractivity contribution in [2.75, 3.05) is 19.8 Å². The molecule has 0 unspecified atom stereocenters. The Balaban J connectivity index is 0. The van der Waals surface area contributed by atoms with Crippen LogP contribution in [-0.2, 0) is 45.4 Å². The Hall–Kier alpha value is 1.47. The summed E-state index contributed by atoms with van der Waals surface area (Å²) in [7, 11) is -2.29. The van der Waals surface area contributed by atoms with Crippen LogP contribution in [0, 0.1) is 0 Å². The summed E-state index contributed by atoms with van der Waals surface area (Å²) in [6.07, 6.45) is 0. The van der Waals surface area contributed by atoms with Gasteiger partial charge in [-0.2, -0.15) is 13.1 Å². The van der Waals surface area contributed by atoms with Crippen LogP contribution >= 0.6 is 7.44 Å². The van der Waals surface area contributed by atoms with Gasteiger partial charge in [-0.25, -0.2) is 0 Å². The molecular weight excluding hydrogens is 483 g/mol. The molecule has 0 aromatic heterocycles. The minimum atomic E-state index is -2.29. The quantitative estimate of drug-likeness (QED) is 0.476. The van der Waals surface area contributed by atoms with Crippen molar-refractivity contribution in [3.63, 3.8) is 0 Å². The van der Waals surface area contributed by atoms with Crippen molar-refractivity contribution in [1.29, 1.82) is 0 Å². The smallest absolute Gasteiger partial charge is 0 e. The molecule has 0 N–H and O–H groups in total. The Morgan fingerprint density at radius 2 is 1.56 bits per heavy atom. The minimum Gasteiger partial charge on any atom is -0.621 e. The van der Waals surface area contributed by atoms with Crippen LogP contribution in [0.5, 0.6) is 0 Å². The summed E-state index contributed by atoms with van der Waals surface area (Å²) < 4.78 is 10.7. The van der Waals surface area contributed by atoms with Gasteiger partial charge in [-0.3, -0.25) is 0 Å². The molecule has 1 aliphatic rings. The van der Waals surface area contributed by atoms with Crippen molar-refractivity contribution in [3.8, 4) is 0 Å². The van der Waals surface area contributed by atoms with E-state index in [1.807, 2.05) is 0 Å². The monoisotopic (exact) mass is 492 g/mol. The van der Waals surface area contributed by atoms with Crippen molar-refractivity contribution < 1.29 is 45.4 Å². The zero-order valence-electron chi connectivity index (χ0n) is 4.92. The molecular formula is C3H7N2OPRe2-2. The standard InChI is InChI=1S/C3H7N2OP.2Re/c1-7(6)4-2-3-5-7;;/h2-3H2,1H3;;/q-2;;. The molecule has 0 atom stereocenters. The van der Waals surface area contributed by atoms with Gasteiger partial charge in [0.1, 0.15) is 0 Å². The third-order valence-electron chi connectivity index (χ3n) is 0.825. The fourth-order valence-corrected chi connectivity index (χ4v) is 1.52. The normalized spacial score (nSPS) is 21.9. The van der Waals surface area contributed by atoms with Crippen molar-refractivity contribution in [1.82, 2.24) is 0 Å². The maximum atomic E-state index is 10.7. The summed E-state index contributed by atoms with van der Waals surface area (Å²) in [4.78, 5) is 0. The summed E-state index contributed by atoms with van der Waals surface area (Å²) in [6.45, 7) is 2.90. The zero-order chi connectivity index (χ0) is 5.33. The molecule has 1 rings (SSSR count). The first-order valence-electron chi connectivity index (χ1n) is 2.16. The second kappa shape index (κ2) is 5.17. The molecule has 3 nitrogen and oxygen atoms in total. The predicted molar refractivity (Wildman–Crippen MR) is 30.0 cm³/mol. The topological polar surface area (TPSA) is 45.3 Å². The summed E-state index contributed by atoms with van der Waals surface area (Å²) >= 11 is 0. The van der Waals surface area contributed by atoms with Gasteiger partial charge in [-0.05, 0) is 6.66 Å². The number of hydrogen-bond donors (Lipinski definition) is 0. The Morgan fingerprint density at radius 3 is 1.67 bits per heavy atom. The third kappa shape index (κ3) is 4.82. The molecule has 6 heteroatoms. The molecule has 0 spiro atoms. The van der Waals surface area contributed by atoms with Crippen molar-refractivity contribution in [2.24, 2.45) is 0 Å². The number of nitrogens with zero attached hydrogens (tertiary/aromatic N) is 2. The summed E-state index contributed by atoms with van der Waals surface area (Å²) in [5.74, 6) is 0. The molecule has 1 aliphatic heterocycles. The van der Waals surface area contributed by atoms with E-state index in [2.05, 4.69) is 10.2 Å². The van der Waals surface area contributed by atoms with Gasteiger partial charge in [-0.15, -0.1) is 7.44 Å². The molecule has 9 heavy (non-hydrogen) atoms. The summed E-state index contributed by atoms with van der Waals surface area (Å²) in [6, 6.07) is 0. The van der Waals surface area contributed by atoms with Crippen molar-refractivity contribution in [2.45, 2.75) is 0 Å². The van der Waals surface area contributed by atoms with Crippen LogP contribution in [0.4, 0.5) is 0 Å². The van der Waals surface area contributed by atoms with Gasteiger partial charge in [0.25, 0.3) is 0 Å². The minimum absolute atomic E-state index is 0. The Bertz CT molecular complexity index is 110. The zero-order valence-corrected chi connectivity index (χ0v) is 11.2. The van der Waals surface area contributed by atoms with Crippen molar-refractivity contribution in [3.05, 3.63) is 10.2 Å². The van der Waals surface area contributed by atoms with E-state index < -0.39 is 7.44 Å².